The third-order valence-electron chi connectivity index (χ3n) is 1.74. The Balaban J connectivity index is 3.08. The smallest absolute Gasteiger partial charge is 0.336 e. The van der Waals surface area contributed by atoms with Gasteiger partial charge >= 0.3 is 5.97 Å². The van der Waals surface area contributed by atoms with E-state index >= 15 is 0 Å². The highest BCUT2D eigenvalue weighted by atomic mass is 16.5. The molecule has 1 heterocycles. The van der Waals surface area contributed by atoms with Gasteiger partial charge in [0.2, 0.25) is 0 Å². The number of carbonyl (C=O) groups is 1. The lowest BCUT2D eigenvalue weighted by Crippen LogP contribution is -2.09. The van der Waals surface area contributed by atoms with E-state index < -0.39 is 5.97 Å². The molecule has 0 unspecified atom stereocenters. The second-order valence-electron chi connectivity index (χ2n) is 3.87. The summed E-state index contributed by atoms with van der Waals surface area (Å²) in [5, 5.41) is 8.45. The second-order valence-corrected chi connectivity index (χ2v) is 3.87. The van der Waals surface area contributed by atoms with Crippen LogP contribution in [0.2, 0.25) is 0 Å². The van der Waals surface area contributed by atoms with Gasteiger partial charge in [-0.3, -0.25) is 0 Å². The van der Waals surface area contributed by atoms with Crippen molar-refractivity contribution in [3.63, 3.8) is 0 Å². The van der Waals surface area contributed by atoms with Crippen molar-refractivity contribution in [2.45, 2.75) is 20.8 Å². The highest BCUT2D eigenvalue weighted by Gasteiger charge is 2.29. The van der Waals surface area contributed by atoms with Crippen LogP contribution in [0.1, 0.15) is 20.8 Å². The van der Waals surface area contributed by atoms with Crippen LogP contribution in [0, 0.1) is 16.7 Å². The number of esters is 1. The topological polar surface area (TPSA) is 50.1 Å². The SMILES string of the molecule is CC(C)(C)C1=CC(=O)O/C1=C/C#N. The van der Waals surface area contributed by atoms with E-state index in [1.54, 1.807) is 0 Å². The third kappa shape index (κ3) is 1.97. The van der Waals surface area contributed by atoms with Gasteiger partial charge in [0.1, 0.15) is 5.76 Å². The second kappa shape index (κ2) is 3.06. The first-order valence-electron chi connectivity index (χ1n) is 3.99. The van der Waals surface area contributed by atoms with E-state index in [9.17, 15) is 4.79 Å². The molecule has 13 heavy (non-hydrogen) atoms. The Bertz CT molecular complexity index is 337. The lowest BCUT2D eigenvalue weighted by atomic mass is 9.85. The maximum absolute atomic E-state index is 10.9. The zero-order valence-corrected chi connectivity index (χ0v) is 7.92. The summed E-state index contributed by atoms with van der Waals surface area (Å²) in [6.07, 6.45) is 2.69. The summed E-state index contributed by atoms with van der Waals surface area (Å²) in [5.74, 6) is -0.0218. The van der Waals surface area contributed by atoms with Gasteiger partial charge in [-0.05, 0) is 5.41 Å². The molecule has 0 aromatic rings. The fraction of sp³-hybridized carbons (Fsp3) is 0.400. The molecule has 0 fully saturated rings. The molecule has 0 bridgehead atoms. The van der Waals surface area contributed by atoms with Crippen LogP contribution >= 0.6 is 0 Å². The van der Waals surface area contributed by atoms with Crippen LogP contribution in [0.5, 0.6) is 0 Å². The Morgan fingerprint density at radius 1 is 1.54 bits per heavy atom. The quantitative estimate of drug-likeness (QED) is 0.419. The van der Waals surface area contributed by atoms with Gasteiger partial charge in [0.15, 0.2) is 0 Å². The van der Waals surface area contributed by atoms with Gasteiger partial charge in [0.25, 0.3) is 0 Å². The minimum atomic E-state index is -0.397. The first kappa shape index (κ1) is 9.53. The number of nitrogens with zero attached hydrogens (tertiary/aromatic N) is 1. The molecule has 1 rings (SSSR count). The number of nitriles is 1. The van der Waals surface area contributed by atoms with Gasteiger partial charge in [0.05, 0.1) is 12.1 Å². The lowest BCUT2D eigenvalue weighted by molar-refractivity contribution is -0.132. The number of carbonyl (C=O) groups excluding carboxylic acids is 1. The van der Waals surface area contributed by atoms with Gasteiger partial charge in [0, 0.05) is 11.6 Å². The van der Waals surface area contributed by atoms with E-state index in [1.165, 1.54) is 12.2 Å². The molecule has 0 radical (unpaired) electrons. The van der Waals surface area contributed by atoms with E-state index in [4.69, 9.17) is 10.00 Å². The molecule has 1 aliphatic rings. The molecule has 68 valence electrons. The summed E-state index contributed by atoms with van der Waals surface area (Å²) in [4.78, 5) is 10.9. The average Bonchev–Trinajstić information content (AvgIpc) is 2.30. The minimum absolute atomic E-state index is 0.172. The molecule has 0 aromatic carbocycles. The van der Waals surface area contributed by atoms with Gasteiger partial charge in [-0.1, -0.05) is 20.8 Å². The molecule has 0 atom stereocenters. The maximum Gasteiger partial charge on any atom is 0.336 e. The molecule has 0 saturated heterocycles. The zero-order valence-electron chi connectivity index (χ0n) is 7.92. The highest BCUT2D eigenvalue weighted by Crippen LogP contribution is 2.35. The van der Waals surface area contributed by atoms with Crippen LogP contribution in [0.3, 0.4) is 0 Å². The fourth-order valence-corrected chi connectivity index (χ4v) is 1.13. The summed E-state index contributed by atoms with van der Waals surface area (Å²) >= 11 is 0. The number of cyclic esters (lactones) is 1. The van der Waals surface area contributed by atoms with Crippen molar-refractivity contribution in [2.75, 3.05) is 0 Å². The molecule has 0 amide bonds. The number of hydrogen-bond donors (Lipinski definition) is 0. The standard InChI is InChI=1S/C10H11NO2/c1-10(2,3)7-6-9(12)13-8(7)4-5-11/h4,6H,1-3H3/b8-4+. The number of ether oxygens (including phenoxy) is 1. The van der Waals surface area contributed by atoms with Crippen molar-refractivity contribution < 1.29 is 9.53 Å². The summed E-state index contributed by atoms with van der Waals surface area (Å²) in [6, 6.07) is 1.85. The Morgan fingerprint density at radius 2 is 2.15 bits per heavy atom. The monoisotopic (exact) mass is 177 g/mol. The van der Waals surface area contributed by atoms with Crippen molar-refractivity contribution in [1.82, 2.24) is 0 Å². The van der Waals surface area contributed by atoms with Crippen LogP contribution < -0.4 is 0 Å². The number of rotatable bonds is 0. The molecule has 1 aliphatic heterocycles. The number of hydrogen-bond acceptors (Lipinski definition) is 3. The molecule has 0 N–H and O–H groups in total. The predicted molar refractivity (Wildman–Crippen MR) is 47.3 cm³/mol. The zero-order chi connectivity index (χ0) is 10.1. The summed E-state index contributed by atoms with van der Waals surface area (Å²) in [7, 11) is 0. The summed E-state index contributed by atoms with van der Waals surface area (Å²) in [6.45, 7) is 5.89. The number of allylic oxidation sites excluding steroid dienone is 2. The first-order chi connectivity index (χ1) is 5.95. The fourth-order valence-electron chi connectivity index (χ4n) is 1.13. The van der Waals surface area contributed by atoms with Crippen LogP contribution in [0.25, 0.3) is 0 Å². The maximum atomic E-state index is 10.9. The van der Waals surface area contributed by atoms with E-state index in [-0.39, 0.29) is 5.41 Å². The largest absolute Gasteiger partial charge is 0.422 e. The minimum Gasteiger partial charge on any atom is -0.422 e. The highest BCUT2D eigenvalue weighted by molar-refractivity contribution is 5.88. The normalized spacial score (nSPS) is 19.7. The van der Waals surface area contributed by atoms with Crippen LogP contribution in [0.4, 0.5) is 0 Å². The van der Waals surface area contributed by atoms with E-state index in [0.717, 1.165) is 5.57 Å². The van der Waals surface area contributed by atoms with Gasteiger partial charge in [-0.15, -0.1) is 0 Å². The molecular formula is C10H11NO2. The Kier molecular flexibility index (Phi) is 2.24. The summed E-state index contributed by atoms with van der Waals surface area (Å²) < 4.78 is 4.85. The van der Waals surface area contributed by atoms with Crippen molar-refractivity contribution in [3.05, 3.63) is 23.5 Å². The van der Waals surface area contributed by atoms with Crippen molar-refractivity contribution >= 4 is 5.97 Å². The van der Waals surface area contributed by atoms with Gasteiger partial charge < -0.3 is 4.74 Å². The molecular weight excluding hydrogens is 166 g/mol. The Hall–Kier alpha value is -1.56. The van der Waals surface area contributed by atoms with Crippen molar-refractivity contribution in [2.24, 2.45) is 5.41 Å². The van der Waals surface area contributed by atoms with Gasteiger partial charge in [-0.2, -0.15) is 5.26 Å². The molecule has 0 spiro atoms. The molecule has 0 aromatic heterocycles. The molecule has 0 aliphatic carbocycles. The summed E-state index contributed by atoms with van der Waals surface area (Å²) in [5.41, 5.74) is 0.605. The Labute approximate surface area is 77.3 Å². The average molecular weight is 177 g/mol. The lowest BCUT2D eigenvalue weighted by Gasteiger charge is -2.19. The first-order valence-corrected chi connectivity index (χ1v) is 3.99. The van der Waals surface area contributed by atoms with Gasteiger partial charge in [-0.25, -0.2) is 4.79 Å². The van der Waals surface area contributed by atoms with Crippen molar-refractivity contribution in [1.29, 1.82) is 5.26 Å². The third-order valence-corrected chi connectivity index (χ3v) is 1.74. The van der Waals surface area contributed by atoms with Crippen LogP contribution in [0.15, 0.2) is 23.5 Å². The predicted octanol–water partition coefficient (Wildman–Crippen LogP) is 1.92. The van der Waals surface area contributed by atoms with E-state index in [0.29, 0.717) is 5.76 Å². The molecule has 3 nitrogen and oxygen atoms in total. The molecule has 0 saturated carbocycles. The van der Waals surface area contributed by atoms with Crippen LogP contribution in [-0.2, 0) is 9.53 Å². The van der Waals surface area contributed by atoms with Crippen molar-refractivity contribution in [3.8, 4) is 6.07 Å². The Morgan fingerprint density at radius 3 is 2.62 bits per heavy atom. The van der Waals surface area contributed by atoms with E-state index in [1.807, 2.05) is 26.8 Å². The van der Waals surface area contributed by atoms with Crippen LogP contribution in [-0.4, -0.2) is 5.97 Å². The van der Waals surface area contributed by atoms with E-state index in [2.05, 4.69) is 0 Å². The molecule has 3 heteroatoms.